The van der Waals surface area contributed by atoms with Gasteiger partial charge in [0.15, 0.2) is 0 Å². The van der Waals surface area contributed by atoms with Gasteiger partial charge in [0.25, 0.3) is 0 Å². The average molecular weight is 277 g/mol. The fraction of sp³-hybridized carbons (Fsp3) is 0.647. The Morgan fingerprint density at radius 3 is 2.50 bits per heavy atom. The Morgan fingerprint density at radius 1 is 1.30 bits per heavy atom. The molecule has 0 aromatic heterocycles. The van der Waals surface area contributed by atoms with Crippen molar-refractivity contribution in [3.8, 4) is 5.75 Å². The molecule has 0 spiro atoms. The molecule has 1 aromatic carbocycles. The average Bonchev–Trinajstić information content (AvgIpc) is 2.38. The number of nitrogens with zero attached hydrogens (tertiary/aromatic N) is 1. The molecule has 0 radical (unpaired) electrons. The fourth-order valence-corrected chi connectivity index (χ4v) is 3.40. The van der Waals surface area contributed by atoms with E-state index in [1.165, 1.54) is 23.1 Å². The number of likely N-dealkylation sites (tertiary alicyclic amines) is 1. The van der Waals surface area contributed by atoms with Crippen molar-refractivity contribution < 1.29 is 9.84 Å². The van der Waals surface area contributed by atoms with Gasteiger partial charge in [0.1, 0.15) is 5.75 Å². The van der Waals surface area contributed by atoms with Gasteiger partial charge in [-0.05, 0) is 49.9 Å². The number of piperidine rings is 1. The van der Waals surface area contributed by atoms with E-state index in [-0.39, 0.29) is 12.0 Å². The number of hydrogen-bond acceptors (Lipinski definition) is 3. The van der Waals surface area contributed by atoms with Gasteiger partial charge < -0.3 is 9.84 Å². The molecule has 0 aliphatic carbocycles. The number of aliphatic hydroxyl groups is 1. The monoisotopic (exact) mass is 277 g/mol. The topological polar surface area (TPSA) is 32.7 Å². The number of hydrogen-bond donors (Lipinski definition) is 1. The van der Waals surface area contributed by atoms with Gasteiger partial charge in [0.2, 0.25) is 0 Å². The van der Waals surface area contributed by atoms with Gasteiger partial charge >= 0.3 is 0 Å². The molecule has 1 aliphatic heterocycles. The van der Waals surface area contributed by atoms with Crippen LogP contribution in [0.2, 0.25) is 0 Å². The molecule has 1 aromatic rings. The molecule has 3 nitrogen and oxygen atoms in total. The zero-order valence-corrected chi connectivity index (χ0v) is 13.2. The first-order chi connectivity index (χ1) is 9.47. The highest BCUT2D eigenvalue weighted by Crippen LogP contribution is 2.30. The summed E-state index contributed by atoms with van der Waals surface area (Å²) in [6.45, 7) is 9.73. The first-order valence-electron chi connectivity index (χ1n) is 7.45. The van der Waals surface area contributed by atoms with Gasteiger partial charge in [-0.25, -0.2) is 0 Å². The Kier molecular flexibility index (Phi) is 4.71. The lowest BCUT2D eigenvalue weighted by Gasteiger charge is -2.39. The van der Waals surface area contributed by atoms with E-state index >= 15 is 0 Å². The standard InChI is InChI=1S/C17H27NO2/c1-13-8-15(9-14(2)16(13)20-4)10-18-7-5-6-17(3,11-18)12-19/h8-9,19H,5-7,10-12H2,1-4H3. The van der Waals surface area contributed by atoms with Crippen molar-refractivity contribution in [2.75, 3.05) is 26.8 Å². The minimum atomic E-state index is 0.0643. The van der Waals surface area contributed by atoms with Crippen molar-refractivity contribution >= 4 is 0 Å². The third kappa shape index (κ3) is 3.33. The lowest BCUT2D eigenvalue weighted by atomic mass is 9.82. The third-order valence-corrected chi connectivity index (χ3v) is 4.37. The molecule has 1 N–H and O–H groups in total. The van der Waals surface area contributed by atoms with Crippen LogP contribution in [-0.2, 0) is 6.54 Å². The lowest BCUT2D eigenvalue weighted by molar-refractivity contribution is 0.0429. The number of ether oxygens (including phenoxy) is 1. The Hall–Kier alpha value is -1.06. The van der Waals surface area contributed by atoms with Crippen molar-refractivity contribution in [3.05, 3.63) is 28.8 Å². The molecule has 112 valence electrons. The molecule has 1 saturated heterocycles. The quantitative estimate of drug-likeness (QED) is 0.918. The summed E-state index contributed by atoms with van der Waals surface area (Å²) in [6.07, 6.45) is 2.30. The van der Waals surface area contributed by atoms with Crippen LogP contribution in [0.4, 0.5) is 0 Å². The molecular weight excluding hydrogens is 250 g/mol. The smallest absolute Gasteiger partial charge is 0.124 e. The van der Waals surface area contributed by atoms with Crippen LogP contribution in [0.15, 0.2) is 12.1 Å². The van der Waals surface area contributed by atoms with E-state index in [1.54, 1.807) is 7.11 Å². The van der Waals surface area contributed by atoms with E-state index in [4.69, 9.17) is 4.74 Å². The molecule has 20 heavy (non-hydrogen) atoms. The minimum Gasteiger partial charge on any atom is -0.496 e. The molecule has 1 unspecified atom stereocenters. The molecule has 1 fully saturated rings. The highest BCUT2D eigenvalue weighted by molar-refractivity contribution is 5.43. The maximum atomic E-state index is 9.55. The molecule has 3 heteroatoms. The lowest BCUT2D eigenvalue weighted by Crippen LogP contribution is -2.43. The van der Waals surface area contributed by atoms with Crippen LogP contribution in [0.25, 0.3) is 0 Å². The zero-order valence-electron chi connectivity index (χ0n) is 13.2. The zero-order chi connectivity index (χ0) is 14.8. The molecule has 1 atom stereocenters. The molecule has 0 bridgehead atoms. The summed E-state index contributed by atoms with van der Waals surface area (Å²) in [5, 5.41) is 9.55. The van der Waals surface area contributed by atoms with Crippen LogP contribution >= 0.6 is 0 Å². The molecule has 1 heterocycles. The highest BCUT2D eigenvalue weighted by atomic mass is 16.5. The molecular formula is C17H27NO2. The van der Waals surface area contributed by atoms with Crippen molar-refractivity contribution in [1.82, 2.24) is 4.90 Å². The molecule has 0 saturated carbocycles. The number of rotatable bonds is 4. The van der Waals surface area contributed by atoms with Crippen LogP contribution in [0.3, 0.4) is 0 Å². The van der Waals surface area contributed by atoms with Crippen LogP contribution in [-0.4, -0.2) is 36.8 Å². The van der Waals surface area contributed by atoms with E-state index in [0.29, 0.717) is 0 Å². The highest BCUT2D eigenvalue weighted by Gasteiger charge is 2.30. The number of methoxy groups -OCH3 is 1. The number of benzene rings is 1. The Bertz CT molecular complexity index is 449. The third-order valence-electron chi connectivity index (χ3n) is 4.37. The minimum absolute atomic E-state index is 0.0643. The second-order valence-electron chi connectivity index (χ2n) is 6.55. The first-order valence-corrected chi connectivity index (χ1v) is 7.45. The predicted molar refractivity (Wildman–Crippen MR) is 82.2 cm³/mol. The van der Waals surface area contributed by atoms with E-state index in [2.05, 4.69) is 37.8 Å². The predicted octanol–water partition coefficient (Wildman–Crippen LogP) is 2.91. The largest absolute Gasteiger partial charge is 0.496 e. The van der Waals surface area contributed by atoms with Crippen molar-refractivity contribution in [3.63, 3.8) is 0 Å². The molecule has 2 rings (SSSR count). The second kappa shape index (κ2) is 6.15. The van der Waals surface area contributed by atoms with Crippen molar-refractivity contribution in [2.45, 2.75) is 40.2 Å². The van der Waals surface area contributed by atoms with Gasteiger partial charge in [-0.15, -0.1) is 0 Å². The summed E-state index contributed by atoms with van der Waals surface area (Å²) >= 11 is 0. The van der Waals surface area contributed by atoms with Crippen molar-refractivity contribution in [1.29, 1.82) is 0 Å². The van der Waals surface area contributed by atoms with E-state index in [9.17, 15) is 5.11 Å². The van der Waals surface area contributed by atoms with Crippen LogP contribution in [0.1, 0.15) is 36.5 Å². The number of aryl methyl sites for hydroxylation is 2. The van der Waals surface area contributed by atoms with E-state index < -0.39 is 0 Å². The van der Waals surface area contributed by atoms with Gasteiger partial charge in [-0.2, -0.15) is 0 Å². The van der Waals surface area contributed by atoms with Crippen LogP contribution in [0, 0.1) is 19.3 Å². The summed E-state index contributed by atoms with van der Waals surface area (Å²) in [4.78, 5) is 2.46. The fourth-order valence-electron chi connectivity index (χ4n) is 3.40. The number of aliphatic hydroxyl groups excluding tert-OH is 1. The summed E-state index contributed by atoms with van der Waals surface area (Å²) in [7, 11) is 1.73. The maximum Gasteiger partial charge on any atom is 0.124 e. The van der Waals surface area contributed by atoms with Crippen LogP contribution < -0.4 is 4.74 Å². The normalized spacial score (nSPS) is 23.9. The van der Waals surface area contributed by atoms with Gasteiger partial charge in [-0.3, -0.25) is 4.90 Å². The van der Waals surface area contributed by atoms with Crippen LogP contribution in [0.5, 0.6) is 5.75 Å². The summed E-state index contributed by atoms with van der Waals surface area (Å²) in [5.74, 6) is 0.993. The summed E-state index contributed by atoms with van der Waals surface area (Å²) in [6, 6.07) is 4.44. The van der Waals surface area contributed by atoms with Gasteiger partial charge in [0.05, 0.1) is 7.11 Å². The van der Waals surface area contributed by atoms with E-state index in [1.807, 2.05) is 0 Å². The second-order valence-corrected chi connectivity index (χ2v) is 6.55. The summed E-state index contributed by atoms with van der Waals surface area (Å²) < 4.78 is 5.42. The molecule has 1 aliphatic rings. The summed E-state index contributed by atoms with van der Waals surface area (Å²) in [5.41, 5.74) is 3.80. The van der Waals surface area contributed by atoms with Crippen molar-refractivity contribution in [2.24, 2.45) is 5.41 Å². The SMILES string of the molecule is COc1c(C)cc(CN2CCCC(C)(CO)C2)cc1C. The van der Waals surface area contributed by atoms with Gasteiger partial charge in [0, 0.05) is 25.1 Å². The van der Waals surface area contributed by atoms with E-state index in [0.717, 1.165) is 31.8 Å². The Morgan fingerprint density at radius 2 is 1.95 bits per heavy atom. The Balaban J connectivity index is 2.10. The Labute approximate surface area is 122 Å². The first kappa shape index (κ1) is 15.3. The van der Waals surface area contributed by atoms with Gasteiger partial charge in [-0.1, -0.05) is 19.1 Å². The molecule has 0 amide bonds. The maximum absolute atomic E-state index is 9.55.